The van der Waals surface area contributed by atoms with Gasteiger partial charge in [0.05, 0.1) is 22.6 Å². The zero-order valence-electron chi connectivity index (χ0n) is 16.7. The minimum absolute atomic E-state index is 0.678. The average molecular weight is 396 g/mol. The molecular formula is C23H27N2O2S-. The molecule has 3 aromatic carbocycles. The molecule has 4 nitrogen and oxygen atoms in total. The number of hydrogen-bond acceptors (Lipinski definition) is 3. The maximum atomic E-state index is 12.4. The third kappa shape index (κ3) is 4.21. The first-order valence-corrected chi connectivity index (χ1v) is 10.7. The summed E-state index contributed by atoms with van der Waals surface area (Å²) in [4.78, 5) is 2.04. The van der Waals surface area contributed by atoms with Crippen LogP contribution in [0.25, 0.3) is 10.8 Å². The Morgan fingerprint density at radius 3 is 2.07 bits per heavy atom. The highest BCUT2D eigenvalue weighted by molar-refractivity contribution is 7.81. The Balaban J connectivity index is 2.15. The number of benzene rings is 3. The number of para-hydroxylation sites is 1. The lowest BCUT2D eigenvalue weighted by Gasteiger charge is -2.30. The molecule has 0 saturated carbocycles. The van der Waals surface area contributed by atoms with E-state index in [1.807, 2.05) is 79.7 Å². The van der Waals surface area contributed by atoms with Crippen LogP contribution in [-0.2, 0) is 17.7 Å². The molecule has 1 atom stereocenters. The molecule has 0 aromatic heterocycles. The van der Waals surface area contributed by atoms with Gasteiger partial charge in [0, 0.05) is 30.6 Å². The molecule has 0 aliphatic heterocycles. The van der Waals surface area contributed by atoms with Crippen LogP contribution in [0.15, 0.2) is 60.7 Å². The largest absolute Gasteiger partial charge is 0.755 e. The van der Waals surface area contributed by atoms with Crippen molar-refractivity contribution >= 4 is 39.1 Å². The molecule has 1 unspecified atom stereocenters. The molecule has 5 heteroatoms. The van der Waals surface area contributed by atoms with Gasteiger partial charge >= 0.3 is 0 Å². The number of nitrogens with zero attached hydrogens (tertiary/aromatic N) is 2. The minimum Gasteiger partial charge on any atom is -0.755 e. The van der Waals surface area contributed by atoms with Crippen LogP contribution in [0.1, 0.15) is 31.7 Å². The van der Waals surface area contributed by atoms with Crippen LogP contribution >= 0.6 is 0 Å². The lowest BCUT2D eigenvalue weighted by molar-refractivity contribution is 0.537. The summed E-state index contributed by atoms with van der Waals surface area (Å²) < 4.78 is 26.2. The van der Waals surface area contributed by atoms with E-state index in [0.717, 1.165) is 53.4 Å². The van der Waals surface area contributed by atoms with E-state index in [9.17, 15) is 8.76 Å². The molecule has 0 radical (unpaired) electrons. The van der Waals surface area contributed by atoms with Gasteiger partial charge in [0.1, 0.15) is 0 Å². The standard InChI is InChI=1S/C23H28N2O2S/c1-4-5-6-11-18-12-7-8-15-21(18)25(28(26)27)23-17-10-13-19-20(23)14-9-16-22(19)24(2)3/h7-10,12-17H,4-6,11H2,1-3H3,(H,26,27)/p-1. The molecule has 0 N–H and O–H groups in total. The zero-order chi connectivity index (χ0) is 20.1. The van der Waals surface area contributed by atoms with Crippen molar-refractivity contribution in [2.75, 3.05) is 23.3 Å². The van der Waals surface area contributed by atoms with Gasteiger partial charge < -0.3 is 9.45 Å². The molecule has 28 heavy (non-hydrogen) atoms. The van der Waals surface area contributed by atoms with Crippen molar-refractivity contribution < 1.29 is 8.76 Å². The smallest absolute Gasteiger partial charge is 0.0617 e. The fourth-order valence-electron chi connectivity index (χ4n) is 3.62. The molecule has 0 amide bonds. The summed E-state index contributed by atoms with van der Waals surface area (Å²) in [6.45, 7) is 2.17. The molecule has 3 rings (SSSR count). The Bertz CT molecular complexity index is 972. The van der Waals surface area contributed by atoms with Gasteiger partial charge in [-0.25, -0.2) is 0 Å². The highest BCUT2D eigenvalue weighted by atomic mass is 32.2. The van der Waals surface area contributed by atoms with Crippen molar-refractivity contribution in [2.24, 2.45) is 0 Å². The summed E-state index contributed by atoms with van der Waals surface area (Å²) in [6.07, 6.45) is 4.18. The third-order valence-corrected chi connectivity index (χ3v) is 5.68. The Kier molecular flexibility index (Phi) is 6.70. The van der Waals surface area contributed by atoms with Crippen LogP contribution in [0, 0.1) is 0 Å². The molecular weight excluding hydrogens is 368 g/mol. The van der Waals surface area contributed by atoms with E-state index in [1.54, 1.807) is 0 Å². The van der Waals surface area contributed by atoms with E-state index >= 15 is 0 Å². The summed E-state index contributed by atoms with van der Waals surface area (Å²) in [7, 11) is 3.99. The number of fused-ring (bicyclic) bond motifs is 1. The monoisotopic (exact) mass is 395 g/mol. The quantitative estimate of drug-likeness (QED) is 0.370. The molecule has 0 aliphatic carbocycles. The molecule has 0 aliphatic rings. The van der Waals surface area contributed by atoms with Gasteiger partial charge in [-0.1, -0.05) is 62.2 Å². The Labute approximate surface area is 170 Å². The van der Waals surface area contributed by atoms with Crippen molar-refractivity contribution in [1.29, 1.82) is 0 Å². The first kappa shape index (κ1) is 20.4. The van der Waals surface area contributed by atoms with Gasteiger partial charge in [-0.15, -0.1) is 0 Å². The SMILES string of the molecule is CCCCCc1ccccc1N(c1cccc2c(N(C)C)cccc12)S(=O)[O-]. The van der Waals surface area contributed by atoms with Gasteiger partial charge in [0.25, 0.3) is 0 Å². The summed E-state index contributed by atoms with van der Waals surface area (Å²) in [5.41, 5.74) is 3.53. The fraction of sp³-hybridized carbons (Fsp3) is 0.304. The van der Waals surface area contributed by atoms with Crippen LogP contribution in [0.2, 0.25) is 0 Å². The van der Waals surface area contributed by atoms with Crippen molar-refractivity contribution in [3.05, 3.63) is 66.2 Å². The summed E-state index contributed by atoms with van der Waals surface area (Å²) >= 11 is -2.43. The van der Waals surface area contributed by atoms with Crippen molar-refractivity contribution in [2.45, 2.75) is 32.6 Å². The fourth-order valence-corrected chi connectivity index (χ4v) is 4.28. The number of hydrogen-bond donors (Lipinski definition) is 0. The first-order chi connectivity index (χ1) is 13.5. The van der Waals surface area contributed by atoms with Gasteiger partial charge in [-0.2, -0.15) is 0 Å². The van der Waals surface area contributed by atoms with Crippen LogP contribution in [0.4, 0.5) is 17.1 Å². The molecule has 0 fully saturated rings. The molecule has 0 bridgehead atoms. The van der Waals surface area contributed by atoms with Crippen molar-refractivity contribution in [3.63, 3.8) is 0 Å². The molecule has 0 spiro atoms. The molecule has 3 aromatic rings. The normalized spacial score (nSPS) is 12.1. The molecule has 0 saturated heterocycles. The lowest BCUT2D eigenvalue weighted by Crippen LogP contribution is -2.21. The minimum atomic E-state index is -2.43. The first-order valence-electron chi connectivity index (χ1n) is 9.71. The van der Waals surface area contributed by atoms with Gasteiger partial charge in [-0.3, -0.25) is 8.51 Å². The van der Waals surface area contributed by atoms with Crippen LogP contribution in [0.5, 0.6) is 0 Å². The highest BCUT2D eigenvalue weighted by Crippen LogP contribution is 2.38. The van der Waals surface area contributed by atoms with Crippen molar-refractivity contribution in [3.8, 4) is 0 Å². The Morgan fingerprint density at radius 1 is 0.821 bits per heavy atom. The van der Waals surface area contributed by atoms with Gasteiger partial charge in [0.15, 0.2) is 0 Å². The topological polar surface area (TPSA) is 46.6 Å². The summed E-state index contributed by atoms with van der Waals surface area (Å²) in [5, 5.41) is 1.95. The predicted molar refractivity (Wildman–Crippen MR) is 119 cm³/mol. The number of anilines is 3. The van der Waals surface area contributed by atoms with E-state index in [2.05, 4.69) is 6.92 Å². The van der Waals surface area contributed by atoms with Crippen LogP contribution < -0.4 is 9.21 Å². The number of aryl methyl sites for hydroxylation is 1. The van der Waals surface area contributed by atoms with Crippen LogP contribution in [-0.4, -0.2) is 22.9 Å². The summed E-state index contributed by atoms with van der Waals surface area (Å²) in [6, 6.07) is 19.6. The summed E-state index contributed by atoms with van der Waals surface area (Å²) in [5.74, 6) is 0. The average Bonchev–Trinajstić information content (AvgIpc) is 2.69. The highest BCUT2D eigenvalue weighted by Gasteiger charge is 2.17. The number of unbranched alkanes of at least 4 members (excludes halogenated alkanes) is 2. The van der Waals surface area contributed by atoms with E-state index in [-0.39, 0.29) is 0 Å². The second-order valence-corrected chi connectivity index (χ2v) is 7.94. The van der Waals surface area contributed by atoms with E-state index < -0.39 is 11.3 Å². The maximum absolute atomic E-state index is 12.4. The molecule has 148 valence electrons. The maximum Gasteiger partial charge on any atom is 0.0617 e. The van der Waals surface area contributed by atoms with Crippen molar-refractivity contribution in [1.82, 2.24) is 0 Å². The van der Waals surface area contributed by atoms with Gasteiger partial charge in [-0.05, 0) is 36.6 Å². The zero-order valence-corrected chi connectivity index (χ0v) is 17.5. The third-order valence-electron chi connectivity index (χ3n) is 4.99. The van der Waals surface area contributed by atoms with Gasteiger partial charge in [0.2, 0.25) is 0 Å². The predicted octanol–water partition coefficient (Wildman–Crippen LogP) is 5.57. The second kappa shape index (κ2) is 9.22. The Hall–Kier alpha value is -2.37. The van der Waals surface area contributed by atoms with Crippen LogP contribution in [0.3, 0.4) is 0 Å². The Morgan fingerprint density at radius 2 is 1.43 bits per heavy atom. The van der Waals surface area contributed by atoms with E-state index in [1.165, 1.54) is 4.31 Å². The van der Waals surface area contributed by atoms with E-state index in [0.29, 0.717) is 5.69 Å². The lowest BCUT2D eigenvalue weighted by atomic mass is 10.0. The number of rotatable bonds is 8. The second-order valence-electron chi connectivity index (χ2n) is 7.14. The van der Waals surface area contributed by atoms with E-state index in [4.69, 9.17) is 0 Å². The molecule has 0 heterocycles.